The number of fused-ring (bicyclic) bond motifs is 1. The van der Waals surface area contributed by atoms with E-state index in [2.05, 4.69) is 57.2 Å². The van der Waals surface area contributed by atoms with Crippen LogP contribution < -0.4 is 0 Å². The molecule has 0 aromatic heterocycles. The lowest BCUT2D eigenvalue weighted by Crippen LogP contribution is -2.06. The molecule has 2 rings (SSSR count). The molecule has 0 bridgehead atoms. The molecule has 0 saturated carbocycles. The summed E-state index contributed by atoms with van der Waals surface area (Å²) in [7, 11) is 0. The Labute approximate surface area is 115 Å². The second-order valence-electron chi connectivity index (χ2n) is 5.18. The van der Waals surface area contributed by atoms with Gasteiger partial charge in [0.05, 0.1) is 5.38 Å². The van der Waals surface area contributed by atoms with Crippen LogP contribution in [0.15, 0.2) is 36.4 Å². The fraction of sp³-hybridized carbons (Fsp3) is 0.412. The van der Waals surface area contributed by atoms with Gasteiger partial charge in [0, 0.05) is 0 Å². The molecular weight excluding hydrogens is 240 g/mol. The van der Waals surface area contributed by atoms with E-state index in [4.69, 9.17) is 11.6 Å². The van der Waals surface area contributed by atoms with Gasteiger partial charge in [0.15, 0.2) is 0 Å². The Morgan fingerprint density at radius 2 is 1.83 bits per heavy atom. The van der Waals surface area contributed by atoms with Gasteiger partial charge < -0.3 is 0 Å². The summed E-state index contributed by atoms with van der Waals surface area (Å²) in [6.07, 6.45) is 2.37. The van der Waals surface area contributed by atoms with Crippen LogP contribution in [0.25, 0.3) is 10.8 Å². The van der Waals surface area contributed by atoms with Crippen molar-refractivity contribution in [2.75, 3.05) is 0 Å². The van der Waals surface area contributed by atoms with Crippen LogP contribution >= 0.6 is 11.6 Å². The Morgan fingerprint density at radius 1 is 1.11 bits per heavy atom. The number of halogens is 1. The van der Waals surface area contributed by atoms with Crippen molar-refractivity contribution in [3.8, 4) is 0 Å². The molecule has 96 valence electrons. The molecule has 0 aliphatic rings. The van der Waals surface area contributed by atoms with Gasteiger partial charge in [0.2, 0.25) is 0 Å². The van der Waals surface area contributed by atoms with E-state index >= 15 is 0 Å². The average Bonchev–Trinajstić information content (AvgIpc) is 2.38. The lowest BCUT2D eigenvalue weighted by atomic mass is 9.90. The van der Waals surface area contributed by atoms with Gasteiger partial charge in [-0.2, -0.15) is 0 Å². The molecule has 2 atom stereocenters. The molecule has 0 amide bonds. The highest BCUT2D eigenvalue weighted by atomic mass is 35.5. The van der Waals surface area contributed by atoms with Crippen molar-refractivity contribution in [2.45, 2.75) is 39.0 Å². The van der Waals surface area contributed by atoms with E-state index in [0.717, 1.165) is 0 Å². The van der Waals surface area contributed by atoms with E-state index in [1.807, 2.05) is 0 Å². The van der Waals surface area contributed by atoms with E-state index in [9.17, 15) is 0 Å². The molecule has 0 N–H and O–H groups in total. The van der Waals surface area contributed by atoms with Crippen LogP contribution in [0.2, 0.25) is 0 Å². The molecule has 2 unspecified atom stereocenters. The lowest BCUT2D eigenvalue weighted by molar-refractivity contribution is 0.508. The molecule has 0 fully saturated rings. The predicted molar refractivity (Wildman–Crippen MR) is 81.4 cm³/mol. The van der Waals surface area contributed by atoms with Crippen molar-refractivity contribution in [3.05, 3.63) is 47.5 Å². The first-order valence-electron chi connectivity index (χ1n) is 6.77. The monoisotopic (exact) mass is 260 g/mol. The molecule has 0 aliphatic heterocycles. The number of hydrogen-bond donors (Lipinski definition) is 0. The van der Waals surface area contributed by atoms with Crippen LogP contribution in [-0.4, -0.2) is 0 Å². The summed E-state index contributed by atoms with van der Waals surface area (Å²) >= 11 is 6.72. The molecule has 1 heteroatoms. The van der Waals surface area contributed by atoms with Gasteiger partial charge in [-0.15, -0.1) is 11.6 Å². The third kappa shape index (κ3) is 2.54. The standard InChI is InChI=1S/C17H21Cl/c1-4-7-13(3)17(18)16-12(2)10-11-14-8-5-6-9-15(14)16/h5-6,8-11,13,17H,4,7H2,1-3H3. The van der Waals surface area contributed by atoms with Gasteiger partial charge in [-0.05, 0) is 41.2 Å². The molecule has 18 heavy (non-hydrogen) atoms. The minimum Gasteiger partial charge on any atom is -0.117 e. The summed E-state index contributed by atoms with van der Waals surface area (Å²) in [5.74, 6) is 0.515. The second-order valence-corrected chi connectivity index (χ2v) is 5.66. The third-order valence-electron chi connectivity index (χ3n) is 3.71. The zero-order valence-corrected chi connectivity index (χ0v) is 12.2. The van der Waals surface area contributed by atoms with Crippen molar-refractivity contribution in [3.63, 3.8) is 0 Å². The van der Waals surface area contributed by atoms with Crippen molar-refractivity contribution in [2.24, 2.45) is 5.92 Å². The minimum atomic E-state index is 0.107. The first kappa shape index (κ1) is 13.4. The predicted octanol–water partition coefficient (Wildman–Crippen LogP) is 5.86. The summed E-state index contributed by atoms with van der Waals surface area (Å²) in [6, 6.07) is 12.9. The topological polar surface area (TPSA) is 0 Å². The van der Waals surface area contributed by atoms with E-state index in [1.54, 1.807) is 0 Å². The van der Waals surface area contributed by atoms with Gasteiger partial charge in [0.1, 0.15) is 0 Å². The van der Waals surface area contributed by atoms with Gasteiger partial charge in [0.25, 0.3) is 0 Å². The largest absolute Gasteiger partial charge is 0.117 e. The van der Waals surface area contributed by atoms with Gasteiger partial charge in [-0.25, -0.2) is 0 Å². The van der Waals surface area contributed by atoms with E-state index < -0.39 is 0 Å². The van der Waals surface area contributed by atoms with Crippen molar-refractivity contribution < 1.29 is 0 Å². The molecule has 0 radical (unpaired) electrons. The van der Waals surface area contributed by atoms with E-state index in [1.165, 1.54) is 34.7 Å². The second kappa shape index (κ2) is 5.75. The Morgan fingerprint density at radius 3 is 2.56 bits per heavy atom. The number of alkyl halides is 1. The van der Waals surface area contributed by atoms with Gasteiger partial charge in [-0.3, -0.25) is 0 Å². The first-order chi connectivity index (χ1) is 8.65. The quantitative estimate of drug-likeness (QED) is 0.604. The maximum Gasteiger partial charge on any atom is 0.0619 e. The number of rotatable bonds is 4. The van der Waals surface area contributed by atoms with Crippen molar-refractivity contribution in [1.82, 2.24) is 0 Å². The molecule has 0 nitrogen and oxygen atoms in total. The fourth-order valence-corrected chi connectivity index (χ4v) is 3.07. The SMILES string of the molecule is CCCC(C)C(Cl)c1c(C)ccc2ccccc12. The third-order valence-corrected chi connectivity index (χ3v) is 4.36. The molecule has 2 aromatic carbocycles. The summed E-state index contributed by atoms with van der Waals surface area (Å²) < 4.78 is 0. The average molecular weight is 261 g/mol. The highest BCUT2D eigenvalue weighted by Gasteiger charge is 2.19. The number of aryl methyl sites for hydroxylation is 1. The number of benzene rings is 2. The fourth-order valence-electron chi connectivity index (χ4n) is 2.66. The minimum absolute atomic E-state index is 0.107. The Hall–Kier alpha value is -1.01. The maximum absolute atomic E-state index is 6.72. The molecule has 0 aliphatic carbocycles. The molecular formula is C17H21Cl. The van der Waals surface area contributed by atoms with Gasteiger partial charge >= 0.3 is 0 Å². The molecule has 0 spiro atoms. The van der Waals surface area contributed by atoms with Gasteiger partial charge in [-0.1, -0.05) is 56.7 Å². The van der Waals surface area contributed by atoms with E-state index in [-0.39, 0.29) is 5.38 Å². The van der Waals surface area contributed by atoms with Crippen molar-refractivity contribution in [1.29, 1.82) is 0 Å². The Bertz CT molecular complexity index is 530. The first-order valence-corrected chi connectivity index (χ1v) is 7.21. The summed E-state index contributed by atoms with van der Waals surface area (Å²) in [5, 5.41) is 2.70. The number of hydrogen-bond acceptors (Lipinski definition) is 0. The maximum atomic E-state index is 6.72. The zero-order valence-electron chi connectivity index (χ0n) is 11.4. The Kier molecular flexibility index (Phi) is 4.29. The van der Waals surface area contributed by atoms with Crippen LogP contribution in [0.5, 0.6) is 0 Å². The van der Waals surface area contributed by atoms with Crippen LogP contribution in [0.4, 0.5) is 0 Å². The molecule has 2 aromatic rings. The molecule has 0 heterocycles. The molecule has 0 saturated heterocycles. The zero-order chi connectivity index (χ0) is 13.1. The van der Waals surface area contributed by atoms with Crippen LogP contribution in [0.1, 0.15) is 43.2 Å². The lowest BCUT2D eigenvalue weighted by Gasteiger charge is -2.21. The summed E-state index contributed by atoms with van der Waals surface area (Å²) in [4.78, 5) is 0. The van der Waals surface area contributed by atoms with E-state index in [0.29, 0.717) is 5.92 Å². The normalized spacial score (nSPS) is 14.7. The Balaban J connectivity index is 2.51. The highest BCUT2D eigenvalue weighted by molar-refractivity contribution is 6.22. The summed E-state index contributed by atoms with van der Waals surface area (Å²) in [6.45, 7) is 6.63. The van der Waals surface area contributed by atoms with Crippen LogP contribution in [0, 0.1) is 12.8 Å². The summed E-state index contributed by atoms with van der Waals surface area (Å²) in [5.41, 5.74) is 2.62. The van der Waals surface area contributed by atoms with Crippen molar-refractivity contribution >= 4 is 22.4 Å². The highest BCUT2D eigenvalue weighted by Crippen LogP contribution is 2.37. The van der Waals surface area contributed by atoms with Crippen LogP contribution in [0.3, 0.4) is 0 Å². The smallest absolute Gasteiger partial charge is 0.0619 e. The van der Waals surface area contributed by atoms with Crippen LogP contribution in [-0.2, 0) is 0 Å².